The van der Waals surface area contributed by atoms with E-state index in [1.807, 2.05) is 0 Å². The Bertz CT molecular complexity index is 816. The van der Waals surface area contributed by atoms with E-state index in [0.29, 0.717) is 19.0 Å². The summed E-state index contributed by atoms with van der Waals surface area (Å²) < 4.78 is 31.3. The first-order valence-corrected chi connectivity index (χ1v) is 9.74. The van der Waals surface area contributed by atoms with E-state index >= 15 is 0 Å². The van der Waals surface area contributed by atoms with Gasteiger partial charge in [-0.2, -0.15) is 9.98 Å². The van der Waals surface area contributed by atoms with E-state index in [4.69, 9.17) is 10.00 Å². The van der Waals surface area contributed by atoms with Crippen molar-refractivity contribution in [2.45, 2.75) is 24.7 Å². The highest BCUT2D eigenvalue weighted by molar-refractivity contribution is 7.89. The molecule has 1 aromatic carbocycles. The third-order valence-corrected chi connectivity index (χ3v) is 5.53. The summed E-state index contributed by atoms with van der Waals surface area (Å²) in [6, 6.07) is 7.44. The van der Waals surface area contributed by atoms with Gasteiger partial charge in [0, 0.05) is 13.1 Å². The number of piperidine rings is 1. The Morgan fingerprint density at radius 2 is 2.12 bits per heavy atom. The van der Waals surface area contributed by atoms with Crippen LogP contribution in [0.1, 0.15) is 25.3 Å². The molecular weight excluding hydrogens is 358 g/mol. The fourth-order valence-corrected chi connectivity index (χ4v) is 3.85. The van der Waals surface area contributed by atoms with Crippen molar-refractivity contribution in [3.05, 3.63) is 29.8 Å². The van der Waals surface area contributed by atoms with Gasteiger partial charge in [0.2, 0.25) is 10.0 Å². The van der Waals surface area contributed by atoms with E-state index in [0.717, 1.165) is 12.8 Å². The molecule has 1 amide bonds. The van der Waals surface area contributed by atoms with E-state index in [9.17, 15) is 18.0 Å². The molecule has 0 bridgehead atoms. The Balaban J connectivity index is 1.84. The molecule has 0 radical (unpaired) electrons. The number of esters is 1. The molecule has 1 fully saturated rings. The summed E-state index contributed by atoms with van der Waals surface area (Å²) in [5.41, 5.74) is -0.0252. The molecule has 1 aliphatic rings. The van der Waals surface area contributed by atoms with Gasteiger partial charge in [0.15, 0.2) is 6.61 Å². The highest BCUT2D eigenvalue weighted by Gasteiger charge is 2.23. The second-order valence-corrected chi connectivity index (χ2v) is 7.92. The summed E-state index contributed by atoms with van der Waals surface area (Å²) in [5.74, 6) is -0.737. The fraction of sp³-hybridized carbons (Fsp3) is 0.471. The Morgan fingerprint density at radius 3 is 2.81 bits per heavy atom. The van der Waals surface area contributed by atoms with E-state index in [2.05, 4.69) is 11.6 Å². The Morgan fingerprint density at radius 1 is 1.38 bits per heavy atom. The summed E-state index contributed by atoms with van der Waals surface area (Å²) in [4.78, 5) is 25.2. The molecule has 1 aliphatic heterocycles. The van der Waals surface area contributed by atoms with Gasteiger partial charge in [0.1, 0.15) is 12.6 Å². The van der Waals surface area contributed by atoms with Crippen LogP contribution in [-0.4, -0.2) is 51.4 Å². The SMILES string of the molecule is C[C@H]1CCCN(C(=O)COC(=O)CNS(=O)(=O)c2ccccc2C#N)C1. The minimum Gasteiger partial charge on any atom is -0.455 e. The second-order valence-electron chi connectivity index (χ2n) is 6.18. The molecule has 8 nitrogen and oxygen atoms in total. The van der Waals surface area contributed by atoms with Crippen molar-refractivity contribution < 1.29 is 22.7 Å². The average molecular weight is 379 g/mol. The number of sulfonamides is 1. The van der Waals surface area contributed by atoms with E-state index in [1.54, 1.807) is 17.0 Å². The molecule has 1 aromatic rings. The molecule has 2 rings (SSSR count). The van der Waals surface area contributed by atoms with Gasteiger partial charge in [-0.1, -0.05) is 19.1 Å². The lowest BCUT2D eigenvalue weighted by Crippen LogP contribution is -2.42. The predicted molar refractivity (Wildman–Crippen MR) is 92.3 cm³/mol. The zero-order valence-electron chi connectivity index (χ0n) is 14.5. The number of carbonyl (C=O) groups excluding carboxylic acids is 2. The first-order valence-electron chi connectivity index (χ1n) is 8.25. The third-order valence-electron chi connectivity index (χ3n) is 4.07. The molecule has 0 spiro atoms. The molecule has 9 heteroatoms. The van der Waals surface area contributed by atoms with Crippen LogP contribution < -0.4 is 4.72 Å². The van der Waals surface area contributed by atoms with Crippen molar-refractivity contribution in [3.8, 4) is 6.07 Å². The third kappa shape index (κ3) is 5.28. The monoisotopic (exact) mass is 379 g/mol. The fourth-order valence-electron chi connectivity index (χ4n) is 2.73. The lowest BCUT2D eigenvalue weighted by molar-refractivity contribution is -0.151. The van der Waals surface area contributed by atoms with Crippen LogP contribution in [0.3, 0.4) is 0 Å². The van der Waals surface area contributed by atoms with E-state index in [-0.39, 0.29) is 16.4 Å². The summed E-state index contributed by atoms with van der Waals surface area (Å²) >= 11 is 0. The molecule has 0 unspecified atom stereocenters. The molecule has 0 aromatic heterocycles. The summed E-state index contributed by atoms with van der Waals surface area (Å²) in [5, 5.41) is 8.97. The predicted octanol–water partition coefficient (Wildman–Crippen LogP) is 0.638. The summed E-state index contributed by atoms with van der Waals surface area (Å²) in [6.07, 6.45) is 1.98. The second kappa shape index (κ2) is 8.78. The number of nitrogens with zero attached hydrogens (tertiary/aromatic N) is 2. The lowest BCUT2D eigenvalue weighted by atomic mass is 10.0. The molecule has 0 aliphatic carbocycles. The summed E-state index contributed by atoms with van der Waals surface area (Å²) in [6.45, 7) is 2.29. The number of nitriles is 1. The number of benzene rings is 1. The Kier molecular flexibility index (Phi) is 6.71. The van der Waals surface area contributed by atoms with Gasteiger partial charge in [0.05, 0.1) is 10.5 Å². The van der Waals surface area contributed by atoms with E-state index in [1.165, 1.54) is 18.2 Å². The minimum atomic E-state index is -4.03. The number of amides is 1. The van der Waals surface area contributed by atoms with Gasteiger partial charge >= 0.3 is 5.97 Å². The first-order chi connectivity index (χ1) is 12.3. The van der Waals surface area contributed by atoms with Crippen molar-refractivity contribution >= 4 is 21.9 Å². The number of hydrogen-bond donors (Lipinski definition) is 1. The Labute approximate surface area is 152 Å². The van der Waals surface area contributed by atoms with Crippen LogP contribution >= 0.6 is 0 Å². The van der Waals surface area contributed by atoms with Crippen LogP contribution in [0, 0.1) is 17.2 Å². The maximum absolute atomic E-state index is 12.2. The molecule has 1 N–H and O–H groups in total. The molecule has 1 atom stereocenters. The lowest BCUT2D eigenvalue weighted by Gasteiger charge is -2.30. The van der Waals surface area contributed by atoms with Gasteiger partial charge in [-0.25, -0.2) is 8.42 Å². The van der Waals surface area contributed by atoms with Crippen molar-refractivity contribution in [3.63, 3.8) is 0 Å². The number of carbonyl (C=O) groups is 2. The van der Waals surface area contributed by atoms with Crippen molar-refractivity contribution in [1.82, 2.24) is 9.62 Å². The van der Waals surface area contributed by atoms with Crippen molar-refractivity contribution in [2.75, 3.05) is 26.2 Å². The normalized spacial score (nSPS) is 17.4. The van der Waals surface area contributed by atoms with Crippen LogP contribution in [0.5, 0.6) is 0 Å². The molecule has 1 saturated heterocycles. The van der Waals surface area contributed by atoms with Crippen molar-refractivity contribution in [1.29, 1.82) is 5.26 Å². The van der Waals surface area contributed by atoms with Crippen LogP contribution in [-0.2, 0) is 24.3 Å². The van der Waals surface area contributed by atoms with Gasteiger partial charge in [-0.15, -0.1) is 0 Å². The zero-order chi connectivity index (χ0) is 19.2. The number of nitrogens with one attached hydrogen (secondary N) is 1. The van der Waals surface area contributed by atoms with Gasteiger partial charge in [0.25, 0.3) is 5.91 Å². The van der Waals surface area contributed by atoms with E-state index < -0.39 is 29.1 Å². The van der Waals surface area contributed by atoms with Crippen LogP contribution in [0.15, 0.2) is 29.2 Å². The molecule has 26 heavy (non-hydrogen) atoms. The van der Waals surface area contributed by atoms with Gasteiger partial charge < -0.3 is 9.64 Å². The van der Waals surface area contributed by atoms with Crippen LogP contribution in [0.4, 0.5) is 0 Å². The molecule has 0 saturated carbocycles. The van der Waals surface area contributed by atoms with Gasteiger partial charge in [-0.05, 0) is 30.9 Å². The van der Waals surface area contributed by atoms with Crippen LogP contribution in [0.25, 0.3) is 0 Å². The number of hydrogen-bond acceptors (Lipinski definition) is 6. The van der Waals surface area contributed by atoms with Gasteiger partial charge in [-0.3, -0.25) is 9.59 Å². The minimum absolute atomic E-state index is 0.0252. The highest BCUT2D eigenvalue weighted by atomic mass is 32.2. The molecule has 1 heterocycles. The number of ether oxygens (including phenoxy) is 1. The largest absolute Gasteiger partial charge is 0.455 e. The smallest absolute Gasteiger partial charge is 0.321 e. The molecular formula is C17H21N3O5S. The zero-order valence-corrected chi connectivity index (χ0v) is 15.3. The molecule has 140 valence electrons. The first kappa shape index (κ1) is 19.9. The standard InChI is InChI=1S/C17H21N3O5S/c1-13-5-4-8-20(11-13)16(21)12-25-17(22)10-19-26(23,24)15-7-3-2-6-14(15)9-18/h2-3,6-7,13,19H,4-5,8,10-12H2,1H3/t13-/m0/s1. The maximum atomic E-state index is 12.2. The topological polar surface area (TPSA) is 117 Å². The average Bonchev–Trinajstić information content (AvgIpc) is 2.64. The number of likely N-dealkylation sites (tertiary alicyclic amines) is 1. The van der Waals surface area contributed by atoms with Crippen LogP contribution in [0.2, 0.25) is 0 Å². The quantitative estimate of drug-likeness (QED) is 0.725. The maximum Gasteiger partial charge on any atom is 0.321 e. The Hall–Kier alpha value is -2.44. The highest BCUT2D eigenvalue weighted by Crippen LogP contribution is 2.15. The van der Waals surface area contributed by atoms with Crippen molar-refractivity contribution in [2.24, 2.45) is 5.92 Å². The summed E-state index contributed by atoms with van der Waals surface area (Å²) in [7, 11) is -4.03. The number of rotatable bonds is 6.